The third kappa shape index (κ3) is 4.18. The largest absolute Gasteiger partial charge is 0.395 e. The normalized spacial score (nSPS) is 16.8. The summed E-state index contributed by atoms with van der Waals surface area (Å²) in [6, 6.07) is 0.449. The second kappa shape index (κ2) is 4.53. The predicted octanol–water partition coefficient (Wildman–Crippen LogP) is 0.531. The van der Waals surface area contributed by atoms with Crippen molar-refractivity contribution in [1.29, 1.82) is 0 Å². The quantitative estimate of drug-likeness (QED) is 0.543. The topological polar surface area (TPSA) is 32.3 Å². The molecule has 0 fully saturated rings. The Morgan fingerprint density at radius 1 is 1.67 bits per heavy atom. The molecule has 0 aromatic carbocycles. The van der Waals surface area contributed by atoms with Crippen molar-refractivity contribution in [3.8, 4) is 0 Å². The van der Waals surface area contributed by atoms with Gasteiger partial charge in [-0.1, -0.05) is 6.08 Å². The number of aliphatic hydroxyl groups is 1. The molecule has 2 heteroatoms. The Morgan fingerprint density at radius 2 is 2.22 bits per heavy atom. The lowest BCUT2D eigenvalue weighted by atomic mass is 10.3. The lowest BCUT2D eigenvalue weighted by Crippen LogP contribution is -2.35. The number of rotatable bonds is 4. The molecule has 0 aromatic rings. The lowest BCUT2D eigenvalue weighted by molar-refractivity contribution is 0.248. The van der Waals surface area contributed by atoms with Crippen molar-refractivity contribution < 1.29 is 5.11 Å². The number of hydrogen-bond acceptors (Lipinski definition) is 2. The van der Waals surface area contributed by atoms with Gasteiger partial charge >= 0.3 is 0 Å². The van der Waals surface area contributed by atoms with E-state index in [1.807, 2.05) is 19.9 Å². The minimum Gasteiger partial charge on any atom is -0.395 e. The fourth-order valence-electron chi connectivity index (χ4n) is 0.570. The highest BCUT2D eigenvalue weighted by Gasteiger charge is 2.00. The van der Waals surface area contributed by atoms with E-state index in [-0.39, 0.29) is 18.7 Å². The van der Waals surface area contributed by atoms with E-state index in [2.05, 4.69) is 11.9 Å². The van der Waals surface area contributed by atoms with Crippen LogP contribution in [0.1, 0.15) is 13.8 Å². The number of aliphatic hydroxyl groups excluding tert-OH is 1. The molecule has 0 aromatic heterocycles. The molecule has 2 atom stereocenters. The minimum atomic E-state index is 0.165. The third-order valence-electron chi connectivity index (χ3n) is 1.17. The van der Waals surface area contributed by atoms with E-state index in [9.17, 15) is 0 Å². The molecule has 2 N–H and O–H groups in total. The molecule has 0 saturated heterocycles. The summed E-state index contributed by atoms with van der Waals surface area (Å²) in [5.41, 5.74) is 0. The van der Waals surface area contributed by atoms with Crippen LogP contribution in [0.4, 0.5) is 0 Å². The fourth-order valence-corrected chi connectivity index (χ4v) is 0.570. The highest BCUT2D eigenvalue weighted by Crippen LogP contribution is 1.85. The second-order valence-electron chi connectivity index (χ2n) is 2.27. The van der Waals surface area contributed by atoms with Gasteiger partial charge in [-0.2, -0.15) is 0 Å². The van der Waals surface area contributed by atoms with Crippen molar-refractivity contribution in [3.63, 3.8) is 0 Å². The Kier molecular flexibility index (Phi) is 4.36. The molecular formula is C7H15NO. The molecule has 0 amide bonds. The van der Waals surface area contributed by atoms with Crippen molar-refractivity contribution in [2.45, 2.75) is 25.9 Å². The monoisotopic (exact) mass is 129 g/mol. The van der Waals surface area contributed by atoms with Crippen LogP contribution in [0.3, 0.4) is 0 Å². The summed E-state index contributed by atoms with van der Waals surface area (Å²) in [6.45, 7) is 7.71. The van der Waals surface area contributed by atoms with E-state index in [0.717, 1.165) is 0 Å². The molecule has 9 heavy (non-hydrogen) atoms. The van der Waals surface area contributed by atoms with E-state index in [1.54, 1.807) is 0 Å². The van der Waals surface area contributed by atoms with Crippen molar-refractivity contribution >= 4 is 0 Å². The van der Waals surface area contributed by atoms with Gasteiger partial charge < -0.3 is 10.4 Å². The van der Waals surface area contributed by atoms with Crippen LogP contribution in [0.5, 0.6) is 0 Å². The lowest BCUT2D eigenvalue weighted by Gasteiger charge is -2.13. The second-order valence-corrected chi connectivity index (χ2v) is 2.27. The molecule has 0 aliphatic carbocycles. The summed E-state index contributed by atoms with van der Waals surface area (Å²) in [5.74, 6) is 0. The molecule has 0 aliphatic heterocycles. The van der Waals surface area contributed by atoms with Crippen LogP contribution < -0.4 is 5.32 Å². The van der Waals surface area contributed by atoms with Crippen molar-refractivity contribution in [3.05, 3.63) is 12.7 Å². The van der Waals surface area contributed by atoms with Gasteiger partial charge in [0.15, 0.2) is 0 Å². The van der Waals surface area contributed by atoms with Gasteiger partial charge in [-0.25, -0.2) is 0 Å². The van der Waals surface area contributed by atoms with Crippen LogP contribution in [0.25, 0.3) is 0 Å². The summed E-state index contributed by atoms with van der Waals surface area (Å²) in [6.07, 6.45) is 1.81. The maximum atomic E-state index is 8.58. The van der Waals surface area contributed by atoms with E-state index in [1.165, 1.54) is 0 Å². The molecule has 0 saturated carbocycles. The summed E-state index contributed by atoms with van der Waals surface area (Å²) < 4.78 is 0. The first-order chi connectivity index (χ1) is 4.20. The van der Waals surface area contributed by atoms with Gasteiger partial charge in [0, 0.05) is 12.1 Å². The Hall–Kier alpha value is -0.340. The summed E-state index contributed by atoms with van der Waals surface area (Å²) >= 11 is 0. The zero-order valence-corrected chi connectivity index (χ0v) is 6.09. The van der Waals surface area contributed by atoms with Crippen molar-refractivity contribution in [2.75, 3.05) is 6.61 Å². The van der Waals surface area contributed by atoms with Gasteiger partial charge in [0.05, 0.1) is 6.61 Å². The molecular weight excluding hydrogens is 114 g/mol. The van der Waals surface area contributed by atoms with Gasteiger partial charge in [-0.3, -0.25) is 0 Å². The van der Waals surface area contributed by atoms with Crippen LogP contribution in [-0.4, -0.2) is 23.8 Å². The van der Waals surface area contributed by atoms with Crippen molar-refractivity contribution in [2.24, 2.45) is 0 Å². The molecule has 0 spiro atoms. The van der Waals surface area contributed by atoms with Gasteiger partial charge in [0.1, 0.15) is 0 Å². The zero-order valence-electron chi connectivity index (χ0n) is 6.09. The Labute approximate surface area is 56.6 Å². The van der Waals surface area contributed by atoms with Crippen LogP contribution in [-0.2, 0) is 0 Å². The molecule has 0 radical (unpaired) electrons. The van der Waals surface area contributed by atoms with Gasteiger partial charge in [0.25, 0.3) is 0 Å². The third-order valence-corrected chi connectivity index (χ3v) is 1.17. The molecule has 0 bridgehead atoms. The first-order valence-electron chi connectivity index (χ1n) is 3.20. The summed E-state index contributed by atoms with van der Waals surface area (Å²) in [5, 5.41) is 11.7. The van der Waals surface area contributed by atoms with E-state index in [4.69, 9.17) is 5.11 Å². The molecule has 0 aliphatic rings. The first kappa shape index (κ1) is 8.66. The van der Waals surface area contributed by atoms with E-state index >= 15 is 0 Å². The Morgan fingerprint density at radius 3 is 2.56 bits per heavy atom. The van der Waals surface area contributed by atoms with Gasteiger partial charge in [-0.05, 0) is 13.8 Å². The highest BCUT2D eigenvalue weighted by atomic mass is 16.3. The number of hydrogen-bond donors (Lipinski definition) is 2. The Bertz CT molecular complexity index is 83.0. The van der Waals surface area contributed by atoms with Crippen LogP contribution in [0, 0.1) is 0 Å². The molecule has 54 valence electrons. The molecule has 0 heterocycles. The summed E-state index contributed by atoms with van der Waals surface area (Å²) in [4.78, 5) is 0. The Balaban J connectivity index is 3.33. The molecule has 0 rings (SSSR count). The average molecular weight is 129 g/mol. The van der Waals surface area contributed by atoms with Crippen molar-refractivity contribution in [1.82, 2.24) is 5.32 Å². The van der Waals surface area contributed by atoms with Gasteiger partial charge in [-0.15, -0.1) is 6.58 Å². The zero-order chi connectivity index (χ0) is 7.28. The molecule has 2 unspecified atom stereocenters. The van der Waals surface area contributed by atoms with Crippen LogP contribution >= 0.6 is 0 Å². The highest BCUT2D eigenvalue weighted by molar-refractivity contribution is 4.82. The minimum absolute atomic E-state index is 0.165. The maximum absolute atomic E-state index is 8.58. The van der Waals surface area contributed by atoms with Crippen LogP contribution in [0.15, 0.2) is 12.7 Å². The predicted molar refractivity (Wildman–Crippen MR) is 39.3 cm³/mol. The smallest absolute Gasteiger partial charge is 0.0582 e. The average Bonchev–Trinajstić information content (AvgIpc) is 1.87. The summed E-state index contributed by atoms with van der Waals surface area (Å²) in [7, 11) is 0. The van der Waals surface area contributed by atoms with E-state index in [0.29, 0.717) is 0 Å². The van der Waals surface area contributed by atoms with E-state index < -0.39 is 0 Å². The molecule has 2 nitrogen and oxygen atoms in total. The number of nitrogens with one attached hydrogen (secondary N) is 1. The maximum Gasteiger partial charge on any atom is 0.0582 e. The van der Waals surface area contributed by atoms with Crippen LogP contribution in [0.2, 0.25) is 0 Å². The SMILES string of the molecule is C=CC(C)NC(C)CO. The van der Waals surface area contributed by atoms with Gasteiger partial charge in [0.2, 0.25) is 0 Å². The fraction of sp³-hybridized carbons (Fsp3) is 0.714. The standard InChI is InChI=1S/C7H15NO/c1-4-6(2)8-7(3)5-9/h4,6-9H,1,5H2,2-3H3. The first-order valence-corrected chi connectivity index (χ1v) is 3.20.